The van der Waals surface area contributed by atoms with Gasteiger partial charge in [0, 0.05) is 24.5 Å². The summed E-state index contributed by atoms with van der Waals surface area (Å²) in [6.07, 6.45) is 3.76. The van der Waals surface area contributed by atoms with Crippen LogP contribution in [0.5, 0.6) is 0 Å². The Morgan fingerprint density at radius 3 is 2.72 bits per heavy atom. The highest BCUT2D eigenvalue weighted by Crippen LogP contribution is 2.44. The molecular formula is C19H22N6. The van der Waals surface area contributed by atoms with Crippen LogP contribution in [0.1, 0.15) is 33.4 Å². The first-order chi connectivity index (χ1) is 11.9. The standard InChI is InChI=1S/C19H22N6/c1-11(2)19(4)12(3)22-15-7-6-14(23-17(15)19)13-8-9-25-16(13)10-21-18(20-5)24-25/h6-11H,1-5H3,(H,20,24). The number of fused-ring (bicyclic) bond motifs is 2. The van der Waals surface area contributed by atoms with Crippen molar-refractivity contribution in [3.05, 3.63) is 36.3 Å². The van der Waals surface area contributed by atoms with Crippen LogP contribution >= 0.6 is 0 Å². The lowest BCUT2D eigenvalue weighted by atomic mass is 9.73. The fourth-order valence-electron chi connectivity index (χ4n) is 3.46. The van der Waals surface area contributed by atoms with Gasteiger partial charge in [0.05, 0.1) is 34.2 Å². The van der Waals surface area contributed by atoms with E-state index in [0.717, 1.165) is 33.9 Å². The summed E-state index contributed by atoms with van der Waals surface area (Å²) in [5.74, 6) is 1.01. The highest BCUT2D eigenvalue weighted by Gasteiger charge is 2.41. The Morgan fingerprint density at radius 1 is 1.20 bits per heavy atom. The molecule has 1 unspecified atom stereocenters. The van der Waals surface area contributed by atoms with Gasteiger partial charge in [-0.05, 0) is 38.0 Å². The second kappa shape index (κ2) is 5.37. The van der Waals surface area contributed by atoms with Gasteiger partial charge in [0.25, 0.3) is 0 Å². The largest absolute Gasteiger partial charge is 0.356 e. The Bertz CT molecular complexity index is 1000. The fraction of sp³-hybridized carbons (Fsp3) is 0.368. The van der Waals surface area contributed by atoms with Crippen molar-refractivity contribution >= 4 is 22.9 Å². The first kappa shape index (κ1) is 15.7. The summed E-state index contributed by atoms with van der Waals surface area (Å²) in [6, 6.07) is 6.14. The highest BCUT2D eigenvalue weighted by atomic mass is 15.3. The third-order valence-corrected chi connectivity index (χ3v) is 5.48. The minimum Gasteiger partial charge on any atom is -0.356 e. The van der Waals surface area contributed by atoms with Crippen LogP contribution in [-0.4, -0.2) is 32.3 Å². The number of anilines is 1. The van der Waals surface area contributed by atoms with E-state index < -0.39 is 0 Å². The molecule has 0 aliphatic carbocycles. The summed E-state index contributed by atoms with van der Waals surface area (Å²) in [5, 5.41) is 7.38. The predicted octanol–water partition coefficient (Wildman–Crippen LogP) is 3.85. The summed E-state index contributed by atoms with van der Waals surface area (Å²) < 4.78 is 1.83. The van der Waals surface area contributed by atoms with Gasteiger partial charge in [0.15, 0.2) is 0 Å². The van der Waals surface area contributed by atoms with Crippen molar-refractivity contribution in [1.82, 2.24) is 19.6 Å². The molecule has 4 rings (SSSR count). The Hall–Kier alpha value is -2.76. The predicted molar refractivity (Wildman–Crippen MR) is 101 cm³/mol. The lowest BCUT2D eigenvalue weighted by Gasteiger charge is -2.29. The zero-order valence-electron chi connectivity index (χ0n) is 15.2. The van der Waals surface area contributed by atoms with Crippen LogP contribution in [0.3, 0.4) is 0 Å². The van der Waals surface area contributed by atoms with Gasteiger partial charge in [-0.1, -0.05) is 13.8 Å². The van der Waals surface area contributed by atoms with Gasteiger partial charge in [-0.3, -0.25) is 4.99 Å². The molecule has 3 aromatic heterocycles. The third kappa shape index (κ3) is 2.17. The molecule has 25 heavy (non-hydrogen) atoms. The van der Waals surface area contributed by atoms with Crippen LogP contribution < -0.4 is 5.32 Å². The van der Waals surface area contributed by atoms with Crippen molar-refractivity contribution in [3.63, 3.8) is 0 Å². The zero-order valence-corrected chi connectivity index (χ0v) is 15.2. The first-order valence-corrected chi connectivity index (χ1v) is 8.55. The van der Waals surface area contributed by atoms with Crippen molar-refractivity contribution in [3.8, 4) is 11.3 Å². The van der Waals surface area contributed by atoms with Crippen LogP contribution in [0.2, 0.25) is 0 Å². The molecule has 0 saturated heterocycles. The van der Waals surface area contributed by atoms with Crippen molar-refractivity contribution in [2.24, 2.45) is 10.9 Å². The lowest BCUT2D eigenvalue weighted by Crippen LogP contribution is -2.34. The number of hydrogen-bond acceptors (Lipinski definition) is 5. The quantitative estimate of drug-likeness (QED) is 0.790. The van der Waals surface area contributed by atoms with Gasteiger partial charge < -0.3 is 5.32 Å². The molecule has 0 fully saturated rings. The maximum Gasteiger partial charge on any atom is 0.240 e. The normalized spacial score (nSPS) is 19.4. The minimum atomic E-state index is -0.128. The molecule has 6 nitrogen and oxygen atoms in total. The van der Waals surface area contributed by atoms with E-state index in [2.05, 4.69) is 49.2 Å². The number of pyridine rings is 1. The number of rotatable bonds is 3. The molecule has 0 amide bonds. The molecule has 3 aromatic rings. The molecule has 128 valence electrons. The molecular weight excluding hydrogens is 312 g/mol. The number of aromatic nitrogens is 4. The number of hydrogen-bond donors (Lipinski definition) is 1. The molecule has 0 saturated carbocycles. The van der Waals surface area contributed by atoms with Crippen molar-refractivity contribution in [2.45, 2.75) is 33.1 Å². The van der Waals surface area contributed by atoms with Gasteiger partial charge in [-0.2, -0.15) is 0 Å². The van der Waals surface area contributed by atoms with Crippen LogP contribution in [0.4, 0.5) is 11.6 Å². The summed E-state index contributed by atoms with van der Waals surface area (Å²) in [5.41, 5.74) is 5.94. The Labute approximate surface area is 147 Å². The molecule has 1 aliphatic heterocycles. The number of aliphatic imine (C=N–C) groups is 1. The van der Waals surface area contributed by atoms with Crippen LogP contribution in [0, 0.1) is 5.92 Å². The lowest BCUT2D eigenvalue weighted by molar-refractivity contribution is 0.446. The number of nitrogens with zero attached hydrogens (tertiary/aromatic N) is 5. The molecule has 0 spiro atoms. The molecule has 0 radical (unpaired) electrons. The van der Waals surface area contributed by atoms with Crippen LogP contribution in [0.25, 0.3) is 16.8 Å². The Morgan fingerprint density at radius 2 is 2.00 bits per heavy atom. The van der Waals surface area contributed by atoms with E-state index in [9.17, 15) is 0 Å². The summed E-state index contributed by atoms with van der Waals surface area (Å²) in [4.78, 5) is 14.1. The second-order valence-electron chi connectivity index (χ2n) is 7.01. The summed E-state index contributed by atoms with van der Waals surface area (Å²) in [7, 11) is 1.81. The maximum absolute atomic E-state index is 5.01. The van der Waals surface area contributed by atoms with E-state index in [1.807, 2.05) is 36.1 Å². The van der Waals surface area contributed by atoms with Crippen molar-refractivity contribution < 1.29 is 0 Å². The summed E-state index contributed by atoms with van der Waals surface area (Å²) in [6.45, 7) is 8.79. The average Bonchev–Trinajstić information content (AvgIpc) is 3.14. The SMILES string of the molecule is CNc1ncc2c(-c3ccc4c(n3)C(C)(C(C)C)C(C)=N4)ccn2n1. The van der Waals surface area contributed by atoms with E-state index in [4.69, 9.17) is 9.98 Å². The Balaban J connectivity index is 1.86. The number of nitrogens with one attached hydrogen (secondary N) is 1. The van der Waals surface area contributed by atoms with E-state index in [-0.39, 0.29) is 5.41 Å². The van der Waals surface area contributed by atoms with Crippen molar-refractivity contribution in [1.29, 1.82) is 0 Å². The van der Waals surface area contributed by atoms with E-state index in [0.29, 0.717) is 11.9 Å². The van der Waals surface area contributed by atoms with E-state index >= 15 is 0 Å². The topological polar surface area (TPSA) is 67.5 Å². The fourth-order valence-corrected chi connectivity index (χ4v) is 3.46. The molecule has 1 aliphatic rings. The summed E-state index contributed by atoms with van der Waals surface area (Å²) >= 11 is 0. The second-order valence-corrected chi connectivity index (χ2v) is 7.01. The van der Waals surface area contributed by atoms with Crippen LogP contribution in [0.15, 0.2) is 35.6 Å². The van der Waals surface area contributed by atoms with Gasteiger partial charge >= 0.3 is 0 Å². The highest BCUT2D eigenvalue weighted by molar-refractivity contribution is 5.99. The molecule has 6 heteroatoms. The maximum atomic E-state index is 5.01. The van der Waals surface area contributed by atoms with Gasteiger partial charge in [-0.25, -0.2) is 14.5 Å². The van der Waals surface area contributed by atoms with E-state index in [1.54, 1.807) is 0 Å². The Kier molecular flexibility index (Phi) is 3.39. The minimum absolute atomic E-state index is 0.128. The molecule has 4 heterocycles. The van der Waals surface area contributed by atoms with Crippen molar-refractivity contribution in [2.75, 3.05) is 12.4 Å². The monoisotopic (exact) mass is 334 g/mol. The first-order valence-electron chi connectivity index (χ1n) is 8.55. The van der Waals surface area contributed by atoms with E-state index in [1.165, 1.54) is 0 Å². The van der Waals surface area contributed by atoms with Crippen LogP contribution in [-0.2, 0) is 5.41 Å². The van der Waals surface area contributed by atoms with Gasteiger partial charge in [0.1, 0.15) is 0 Å². The smallest absolute Gasteiger partial charge is 0.240 e. The van der Waals surface area contributed by atoms with Gasteiger partial charge in [-0.15, -0.1) is 5.10 Å². The average molecular weight is 334 g/mol. The molecule has 0 bridgehead atoms. The molecule has 1 atom stereocenters. The zero-order chi connectivity index (χ0) is 17.8. The molecule has 0 aromatic carbocycles. The van der Waals surface area contributed by atoms with Gasteiger partial charge in [0.2, 0.25) is 5.95 Å². The molecule has 1 N–H and O–H groups in total. The third-order valence-electron chi connectivity index (χ3n) is 5.48.